The van der Waals surface area contributed by atoms with Gasteiger partial charge in [-0.15, -0.1) is 0 Å². The van der Waals surface area contributed by atoms with Gasteiger partial charge in [0.1, 0.15) is 6.10 Å². The van der Waals surface area contributed by atoms with Crippen LogP contribution in [-0.2, 0) is 16.6 Å². The Labute approximate surface area is 257 Å². The maximum absolute atomic E-state index is 13.1. The monoisotopic (exact) mass is 586 g/mol. The highest BCUT2D eigenvalue weighted by Gasteiger charge is 2.29. The van der Waals surface area contributed by atoms with Gasteiger partial charge < -0.3 is 4.74 Å². The summed E-state index contributed by atoms with van der Waals surface area (Å²) in [7, 11) is 1.96. The van der Waals surface area contributed by atoms with Gasteiger partial charge in [-0.3, -0.25) is 9.48 Å². The minimum Gasteiger partial charge on any atom is -0.360 e. The normalized spacial score (nSPS) is 12.6. The Morgan fingerprint density at radius 2 is 1.44 bits per heavy atom. The molecule has 43 heavy (non-hydrogen) atoms. The summed E-state index contributed by atoms with van der Waals surface area (Å²) in [5.41, 5.74) is 9.00. The molecule has 0 N–H and O–H groups in total. The molecule has 0 aliphatic heterocycles. The van der Waals surface area contributed by atoms with E-state index in [-0.39, 0.29) is 5.78 Å². The minimum absolute atomic E-state index is 0.0259. The van der Waals surface area contributed by atoms with E-state index < -0.39 is 11.7 Å². The number of aromatic nitrogens is 2. The summed E-state index contributed by atoms with van der Waals surface area (Å²) >= 11 is 6.31. The zero-order chi connectivity index (χ0) is 30.5. The third-order valence-corrected chi connectivity index (χ3v) is 8.15. The standard InChI is InChI=1S/C38H35ClN2O2/c1-23-18-30-11-10-29(27-9-7-8-26(19-27)28-14-17-34-31(20-28)22-40-41(34)6)21-33(30)36(25-12-15-32(39)16-13-25)35(23)37(24(2)42)43-38(3,4)5/h7-22,37H,1-6H3. The fraction of sp³-hybridized carbons (Fsp3) is 0.211. The third-order valence-electron chi connectivity index (χ3n) is 7.90. The number of carbonyl (C=O) groups is 1. The van der Waals surface area contributed by atoms with Gasteiger partial charge in [-0.05, 0) is 126 Å². The second kappa shape index (κ2) is 11.1. The second-order valence-corrected chi connectivity index (χ2v) is 12.7. The van der Waals surface area contributed by atoms with Crippen LogP contribution in [0.5, 0.6) is 0 Å². The number of hydrogen-bond acceptors (Lipinski definition) is 3. The third kappa shape index (κ3) is 5.73. The minimum atomic E-state index is -0.704. The molecule has 216 valence electrons. The molecule has 1 atom stereocenters. The van der Waals surface area contributed by atoms with Crippen LogP contribution in [0, 0.1) is 6.92 Å². The molecule has 0 fully saturated rings. The first-order chi connectivity index (χ1) is 20.5. The van der Waals surface area contributed by atoms with Crippen molar-refractivity contribution in [3.63, 3.8) is 0 Å². The maximum atomic E-state index is 13.1. The van der Waals surface area contributed by atoms with Gasteiger partial charge in [0.25, 0.3) is 0 Å². The van der Waals surface area contributed by atoms with Crippen LogP contribution in [0.3, 0.4) is 0 Å². The van der Waals surface area contributed by atoms with Crippen molar-refractivity contribution in [3.8, 4) is 33.4 Å². The quantitative estimate of drug-likeness (QED) is 0.195. The molecule has 1 aromatic heterocycles. The molecule has 0 amide bonds. The van der Waals surface area contributed by atoms with Crippen LogP contribution < -0.4 is 0 Å². The first-order valence-electron chi connectivity index (χ1n) is 14.5. The Balaban J connectivity index is 1.55. The van der Waals surface area contributed by atoms with E-state index in [1.165, 1.54) is 0 Å². The molecular formula is C38H35ClN2O2. The van der Waals surface area contributed by atoms with Crippen LogP contribution in [-0.4, -0.2) is 21.2 Å². The Kier molecular flexibility index (Phi) is 7.45. The molecule has 0 saturated heterocycles. The molecule has 0 radical (unpaired) electrons. The van der Waals surface area contributed by atoms with E-state index >= 15 is 0 Å². The predicted octanol–water partition coefficient (Wildman–Crippen LogP) is 10.1. The molecule has 6 aromatic rings. The summed E-state index contributed by atoms with van der Waals surface area (Å²) in [5.74, 6) is -0.0259. The summed E-state index contributed by atoms with van der Waals surface area (Å²) in [6, 6.07) is 31.7. The van der Waals surface area contributed by atoms with E-state index in [2.05, 4.69) is 78.8 Å². The van der Waals surface area contributed by atoms with E-state index in [1.54, 1.807) is 6.92 Å². The van der Waals surface area contributed by atoms with E-state index in [9.17, 15) is 4.79 Å². The number of carbonyl (C=O) groups excluding carboxylic acids is 1. The summed E-state index contributed by atoms with van der Waals surface area (Å²) in [6.07, 6.45) is 1.20. The number of fused-ring (bicyclic) bond motifs is 2. The van der Waals surface area contributed by atoms with Gasteiger partial charge >= 0.3 is 0 Å². The van der Waals surface area contributed by atoms with Gasteiger partial charge in [0, 0.05) is 17.5 Å². The number of hydrogen-bond donors (Lipinski definition) is 0. The Morgan fingerprint density at radius 3 is 2.12 bits per heavy atom. The molecule has 0 saturated carbocycles. The molecule has 0 aliphatic rings. The average molecular weight is 587 g/mol. The van der Waals surface area contributed by atoms with Crippen molar-refractivity contribution in [2.24, 2.45) is 7.05 Å². The van der Waals surface area contributed by atoms with Crippen molar-refractivity contribution in [1.29, 1.82) is 0 Å². The highest BCUT2D eigenvalue weighted by molar-refractivity contribution is 6.30. The zero-order valence-electron chi connectivity index (χ0n) is 25.4. The van der Waals surface area contributed by atoms with Crippen molar-refractivity contribution in [1.82, 2.24) is 9.78 Å². The summed E-state index contributed by atoms with van der Waals surface area (Å²) < 4.78 is 8.32. The molecule has 0 spiro atoms. The fourth-order valence-corrected chi connectivity index (χ4v) is 6.04. The van der Waals surface area contributed by atoms with Crippen LogP contribution >= 0.6 is 11.6 Å². The van der Waals surface area contributed by atoms with Crippen LogP contribution in [0.1, 0.15) is 44.9 Å². The number of benzene rings is 5. The number of ketones is 1. The van der Waals surface area contributed by atoms with E-state index in [1.807, 2.05) is 63.0 Å². The second-order valence-electron chi connectivity index (χ2n) is 12.3. The average Bonchev–Trinajstić information content (AvgIpc) is 3.35. The Hall–Kier alpha value is -4.25. The Bertz CT molecular complexity index is 2000. The first-order valence-corrected chi connectivity index (χ1v) is 14.9. The molecule has 1 unspecified atom stereocenters. The predicted molar refractivity (Wildman–Crippen MR) is 179 cm³/mol. The van der Waals surface area contributed by atoms with Crippen molar-refractivity contribution < 1.29 is 9.53 Å². The van der Waals surface area contributed by atoms with Gasteiger partial charge in [-0.2, -0.15) is 5.10 Å². The van der Waals surface area contributed by atoms with Crippen LogP contribution in [0.15, 0.2) is 97.2 Å². The highest BCUT2D eigenvalue weighted by atomic mass is 35.5. The van der Waals surface area contributed by atoms with E-state index in [0.717, 1.165) is 66.2 Å². The zero-order valence-corrected chi connectivity index (χ0v) is 26.2. The molecule has 5 aromatic carbocycles. The van der Waals surface area contributed by atoms with Crippen LogP contribution in [0.4, 0.5) is 0 Å². The van der Waals surface area contributed by atoms with E-state index in [4.69, 9.17) is 16.3 Å². The van der Waals surface area contributed by atoms with E-state index in [0.29, 0.717) is 5.02 Å². The number of nitrogens with zero attached hydrogens (tertiary/aromatic N) is 2. The van der Waals surface area contributed by atoms with Crippen molar-refractivity contribution in [3.05, 3.63) is 113 Å². The number of ether oxygens (including phenoxy) is 1. The molecule has 0 bridgehead atoms. The SMILES string of the molecule is CC(=O)C(OC(C)(C)C)c1c(C)cc2ccc(-c3cccc(-c4ccc5c(cnn5C)c4)c3)cc2c1-c1ccc(Cl)cc1. The lowest BCUT2D eigenvalue weighted by atomic mass is 9.85. The largest absolute Gasteiger partial charge is 0.360 e. The van der Waals surface area contributed by atoms with Gasteiger partial charge in [-0.1, -0.05) is 66.2 Å². The maximum Gasteiger partial charge on any atom is 0.163 e. The summed E-state index contributed by atoms with van der Waals surface area (Å²) in [6.45, 7) is 9.62. The van der Waals surface area contributed by atoms with Gasteiger partial charge in [-0.25, -0.2) is 0 Å². The lowest BCUT2D eigenvalue weighted by Crippen LogP contribution is -2.27. The summed E-state index contributed by atoms with van der Waals surface area (Å²) in [5, 5.41) is 8.34. The summed E-state index contributed by atoms with van der Waals surface area (Å²) in [4.78, 5) is 13.1. The number of Topliss-reactive ketones (excluding diaryl/α,β-unsaturated/α-hetero) is 1. The highest BCUT2D eigenvalue weighted by Crippen LogP contribution is 2.42. The van der Waals surface area contributed by atoms with Crippen molar-refractivity contribution in [2.75, 3.05) is 0 Å². The lowest BCUT2D eigenvalue weighted by Gasteiger charge is -2.29. The number of halogens is 1. The van der Waals surface area contributed by atoms with Gasteiger partial charge in [0.05, 0.1) is 17.3 Å². The number of rotatable bonds is 6. The van der Waals surface area contributed by atoms with Crippen molar-refractivity contribution >= 4 is 39.1 Å². The van der Waals surface area contributed by atoms with Gasteiger partial charge in [0.15, 0.2) is 5.78 Å². The van der Waals surface area contributed by atoms with Crippen LogP contribution in [0.25, 0.3) is 55.1 Å². The Morgan fingerprint density at radius 1 is 0.814 bits per heavy atom. The topological polar surface area (TPSA) is 44.1 Å². The molecule has 0 aliphatic carbocycles. The molecular weight excluding hydrogens is 552 g/mol. The fourth-order valence-electron chi connectivity index (χ4n) is 5.92. The smallest absolute Gasteiger partial charge is 0.163 e. The molecule has 6 rings (SSSR count). The molecule has 1 heterocycles. The molecule has 5 heteroatoms. The van der Waals surface area contributed by atoms with Crippen molar-refractivity contribution in [2.45, 2.75) is 46.3 Å². The molecule has 4 nitrogen and oxygen atoms in total. The lowest BCUT2D eigenvalue weighted by molar-refractivity contribution is -0.138. The first kappa shape index (κ1) is 28.9. The van der Waals surface area contributed by atoms with Crippen LogP contribution in [0.2, 0.25) is 5.02 Å². The number of aryl methyl sites for hydroxylation is 2. The van der Waals surface area contributed by atoms with Gasteiger partial charge in [0.2, 0.25) is 0 Å².